The predicted octanol–water partition coefficient (Wildman–Crippen LogP) is 8.71. The highest BCUT2D eigenvalue weighted by atomic mass is 35.5. The maximum absolute atomic E-state index is 13.7. The van der Waals surface area contributed by atoms with Crippen molar-refractivity contribution in [3.8, 4) is 5.75 Å². The molecule has 9 nitrogen and oxygen atoms in total. The van der Waals surface area contributed by atoms with E-state index in [0.29, 0.717) is 23.5 Å². The zero-order valence-electron chi connectivity index (χ0n) is 31.5. The molecule has 0 saturated heterocycles. The summed E-state index contributed by atoms with van der Waals surface area (Å²) in [5.41, 5.74) is 1.97. The zero-order valence-corrected chi connectivity index (χ0v) is 33.2. The lowest BCUT2D eigenvalue weighted by Gasteiger charge is -2.37. The van der Waals surface area contributed by atoms with E-state index in [1.165, 1.54) is 5.56 Å². The van der Waals surface area contributed by atoms with Gasteiger partial charge < -0.3 is 15.4 Å². The minimum absolute atomic E-state index is 0.00959. The van der Waals surface area contributed by atoms with Gasteiger partial charge in [-0.2, -0.15) is 0 Å². The smallest absolute Gasteiger partial charge is 0.286 e. The van der Waals surface area contributed by atoms with Crippen molar-refractivity contribution in [1.29, 1.82) is 0 Å². The summed E-state index contributed by atoms with van der Waals surface area (Å²) < 4.78 is 16.1. The van der Waals surface area contributed by atoms with Gasteiger partial charge in [-0.3, -0.25) is 28.2 Å². The molecular formula is C37H58ClN4O5P. The average molecular weight is 705 g/mol. The van der Waals surface area contributed by atoms with Crippen LogP contribution in [0.4, 0.5) is 11.4 Å². The Morgan fingerprint density at radius 3 is 1.83 bits per heavy atom. The molecule has 2 aromatic rings. The van der Waals surface area contributed by atoms with Gasteiger partial charge in [-0.05, 0) is 88.1 Å². The highest BCUT2D eigenvalue weighted by Gasteiger charge is 2.52. The third-order valence-corrected chi connectivity index (χ3v) is 11.1. The maximum atomic E-state index is 13.7. The molecule has 0 spiro atoms. The van der Waals surface area contributed by atoms with Gasteiger partial charge in [0.25, 0.3) is 16.9 Å². The van der Waals surface area contributed by atoms with E-state index in [4.69, 9.17) is 20.9 Å². The van der Waals surface area contributed by atoms with Gasteiger partial charge in [0.2, 0.25) is 0 Å². The fraction of sp³-hybridized carbons (Fsp3) is 0.595. The largest absolute Gasteiger partial charge is 0.480 e. The number of ketones is 1. The molecule has 2 aromatic carbocycles. The summed E-state index contributed by atoms with van der Waals surface area (Å²) in [6, 6.07) is 13.0. The van der Waals surface area contributed by atoms with Gasteiger partial charge >= 0.3 is 0 Å². The van der Waals surface area contributed by atoms with E-state index in [2.05, 4.69) is 64.3 Å². The molecule has 268 valence electrons. The van der Waals surface area contributed by atoms with Crippen LogP contribution in [0.15, 0.2) is 42.5 Å². The molecule has 2 rings (SSSR count). The first-order chi connectivity index (χ1) is 22.0. The molecule has 0 bridgehead atoms. The second-order valence-corrected chi connectivity index (χ2v) is 17.8. The molecule has 0 aliphatic carbocycles. The number of carbonyl (C=O) groups excluding carboxylic acids is 3. The monoisotopic (exact) mass is 704 g/mol. The molecule has 0 radical (unpaired) electrons. The van der Waals surface area contributed by atoms with E-state index in [-0.39, 0.29) is 16.7 Å². The number of carbonyl (C=O) groups is 3. The number of hydrogen-bond acceptors (Lipinski definition) is 7. The molecular weight excluding hydrogens is 647 g/mol. The van der Waals surface area contributed by atoms with Crippen molar-refractivity contribution in [2.24, 2.45) is 5.41 Å². The van der Waals surface area contributed by atoms with E-state index < -0.39 is 36.7 Å². The highest BCUT2D eigenvalue weighted by molar-refractivity contribution is 7.47. The fourth-order valence-corrected chi connectivity index (χ4v) is 6.81. The van der Waals surface area contributed by atoms with Crippen LogP contribution in [0.25, 0.3) is 0 Å². The van der Waals surface area contributed by atoms with Crippen molar-refractivity contribution >= 4 is 49.0 Å². The maximum Gasteiger partial charge on any atom is 0.286 e. The van der Waals surface area contributed by atoms with Crippen LogP contribution in [-0.2, 0) is 29.7 Å². The number of rotatable bonds is 16. The number of alkyl halides is 1. The van der Waals surface area contributed by atoms with Gasteiger partial charge in [0.1, 0.15) is 5.75 Å². The Balaban J connectivity index is 2.36. The SMILES string of the molecule is CCC(Oc1ccc(C(C)(C)CC)cc1C(C)(C)CC)C(=O)Nc1cccc(NC(=O)C(Cl)(OP(N(C)C)N(C)C)C(=O)C(C)(C)C)c1. The predicted molar refractivity (Wildman–Crippen MR) is 200 cm³/mol. The molecule has 0 aliphatic heterocycles. The van der Waals surface area contributed by atoms with Crippen LogP contribution in [0.2, 0.25) is 0 Å². The molecule has 0 fully saturated rings. The Labute approximate surface area is 295 Å². The number of nitrogens with one attached hydrogen (secondary N) is 2. The minimum Gasteiger partial charge on any atom is -0.480 e. The summed E-state index contributed by atoms with van der Waals surface area (Å²) in [6.45, 7) is 20.2. The van der Waals surface area contributed by atoms with Crippen molar-refractivity contribution in [3.05, 3.63) is 53.6 Å². The van der Waals surface area contributed by atoms with Crippen molar-refractivity contribution < 1.29 is 23.6 Å². The van der Waals surface area contributed by atoms with Crippen LogP contribution in [0.1, 0.15) is 99.6 Å². The average Bonchev–Trinajstić information content (AvgIpc) is 3.01. The Bertz CT molecular complexity index is 1430. The lowest BCUT2D eigenvalue weighted by Crippen LogP contribution is -2.52. The molecule has 48 heavy (non-hydrogen) atoms. The van der Waals surface area contributed by atoms with Crippen molar-refractivity contribution in [3.63, 3.8) is 0 Å². The van der Waals surface area contributed by atoms with E-state index in [1.54, 1.807) is 82.6 Å². The van der Waals surface area contributed by atoms with Crippen LogP contribution in [0.5, 0.6) is 5.75 Å². The van der Waals surface area contributed by atoms with Crippen molar-refractivity contribution in [2.45, 2.75) is 110 Å². The molecule has 0 aromatic heterocycles. The zero-order chi connectivity index (χ0) is 36.8. The molecule has 2 N–H and O–H groups in total. The third-order valence-electron chi connectivity index (χ3n) is 8.74. The fourth-order valence-electron chi connectivity index (χ4n) is 4.86. The summed E-state index contributed by atoms with van der Waals surface area (Å²) in [7, 11) is 5.61. The van der Waals surface area contributed by atoms with Gasteiger partial charge in [-0.1, -0.05) is 99.0 Å². The van der Waals surface area contributed by atoms with Gasteiger partial charge in [0, 0.05) is 22.4 Å². The van der Waals surface area contributed by atoms with Crippen LogP contribution >= 0.6 is 20.1 Å². The Morgan fingerprint density at radius 2 is 1.35 bits per heavy atom. The first kappa shape index (κ1) is 41.6. The number of nitrogens with zero attached hydrogens (tertiary/aromatic N) is 2. The van der Waals surface area contributed by atoms with Crippen molar-refractivity contribution in [1.82, 2.24) is 9.34 Å². The van der Waals surface area contributed by atoms with Gasteiger partial charge in [0.15, 0.2) is 20.3 Å². The van der Waals surface area contributed by atoms with Crippen LogP contribution < -0.4 is 15.4 Å². The molecule has 0 aliphatic rings. The molecule has 2 atom stereocenters. The minimum atomic E-state index is -2.30. The van der Waals surface area contributed by atoms with Crippen LogP contribution in [0.3, 0.4) is 0 Å². The molecule has 11 heteroatoms. The second-order valence-electron chi connectivity index (χ2n) is 14.9. The van der Waals surface area contributed by atoms with E-state index in [9.17, 15) is 14.4 Å². The van der Waals surface area contributed by atoms with Crippen LogP contribution in [0, 0.1) is 5.41 Å². The standard InChI is InChI=1S/C37H58ClN4O5P/c1-15-29(46-30-22-21-25(35(7,8)16-2)23-28(30)36(9,10)17-3)31(43)39-26-19-18-20-27(24-26)40-33(45)37(38,32(44)34(4,5)6)47-48(41(11)12)42(13)14/h18-24,29H,15-17H2,1-14H3,(H,39,43)(H,40,45). The summed E-state index contributed by atoms with van der Waals surface area (Å²) >= 11 is 6.81. The van der Waals surface area contributed by atoms with Gasteiger partial charge in [-0.15, -0.1) is 0 Å². The van der Waals surface area contributed by atoms with Crippen LogP contribution in [-0.4, -0.2) is 66.3 Å². The summed E-state index contributed by atoms with van der Waals surface area (Å²) in [6.07, 6.45) is 1.59. The molecule has 2 amide bonds. The second kappa shape index (κ2) is 16.4. The highest BCUT2D eigenvalue weighted by Crippen LogP contribution is 2.48. The third kappa shape index (κ3) is 10.2. The lowest BCUT2D eigenvalue weighted by atomic mass is 9.76. The summed E-state index contributed by atoms with van der Waals surface area (Å²) in [4.78, 5) is 40.8. The van der Waals surface area contributed by atoms with E-state index in [0.717, 1.165) is 18.4 Å². The first-order valence-electron chi connectivity index (χ1n) is 16.7. The number of anilines is 2. The van der Waals surface area contributed by atoms with E-state index >= 15 is 0 Å². The van der Waals surface area contributed by atoms with Crippen molar-refractivity contribution in [2.75, 3.05) is 38.8 Å². The summed E-state index contributed by atoms with van der Waals surface area (Å²) in [5.74, 6) is -1.02. The topological polar surface area (TPSA) is 100 Å². The molecule has 0 heterocycles. The van der Waals surface area contributed by atoms with Gasteiger partial charge in [0.05, 0.1) is 0 Å². The Kier molecular flexibility index (Phi) is 14.3. The molecule has 2 unspecified atom stereocenters. The Morgan fingerprint density at radius 1 is 0.812 bits per heavy atom. The summed E-state index contributed by atoms with van der Waals surface area (Å²) in [5, 5.41) is 3.38. The first-order valence-corrected chi connectivity index (χ1v) is 18.2. The van der Waals surface area contributed by atoms with Gasteiger partial charge in [-0.25, -0.2) is 0 Å². The van der Waals surface area contributed by atoms with E-state index in [1.807, 2.05) is 13.0 Å². The number of halogens is 1. The number of hydrogen-bond donors (Lipinski definition) is 2. The number of Topliss-reactive ketones (excluding diaryl/α,β-unsaturated/α-hetero) is 1. The Hall–Kier alpha value is -2.55. The quantitative estimate of drug-likeness (QED) is 0.102. The number of ether oxygens (including phenoxy) is 1. The number of amides is 2. The normalized spacial score (nSPS) is 14.5. The molecule has 0 saturated carbocycles. The lowest BCUT2D eigenvalue weighted by molar-refractivity contribution is -0.144. The number of benzene rings is 2.